The Labute approximate surface area is 188 Å². The highest BCUT2D eigenvalue weighted by atomic mass is 35.5. The summed E-state index contributed by atoms with van der Waals surface area (Å²) in [5.74, 6) is 0.955. The van der Waals surface area contributed by atoms with Crippen LogP contribution in [-0.4, -0.2) is 26.9 Å². The zero-order chi connectivity index (χ0) is 21.4. The van der Waals surface area contributed by atoms with Crippen molar-refractivity contribution in [3.63, 3.8) is 0 Å². The number of hydrogen-bond acceptors (Lipinski definition) is 6. The summed E-state index contributed by atoms with van der Waals surface area (Å²) >= 11 is 7.62. The monoisotopic (exact) mass is 452 g/mol. The van der Waals surface area contributed by atoms with Gasteiger partial charge in [-0.1, -0.05) is 11.6 Å². The maximum atomic E-state index is 12.8. The first kappa shape index (κ1) is 20.2. The summed E-state index contributed by atoms with van der Waals surface area (Å²) in [6, 6.07) is 9.19. The topological polar surface area (TPSA) is 80.9 Å². The van der Waals surface area contributed by atoms with Gasteiger partial charge in [0.1, 0.15) is 10.5 Å². The van der Waals surface area contributed by atoms with E-state index in [0.717, 1.165) is 58.3 Å². The molecule has 8 heteroatoms. The summed E-state index contributed by atoms with van der Waals surface area (Å²) in [6.07, 6.45) is 7.10. The van der Waals surface area contributed by atoms with Crippen LogP contribution in [0.5, 0.6) is 0 Å². The van der Waals surface area contributed by atoms with Crippen LogP contribution in [0.3, 0.4) is 0 Å². The number of amides is 1. The Bertz CT molecular complexity index is 1240. The highest BCUT2D eigenvalue weighted by Gasteiger charge is 2.27. The van der Waals surface area contributed by atoms with Gasteiger partial charge in [0.15, 0.2) is 11.5 Å². The average Bonchev–Trinajstić information content (AvgIpc) is 3.40. The Morgan fingerprint density at radius 2 is 2.00 bits per heavy atom. The standard InChI is InChI=1S/C23H21ClN4O2S/c1-13-12-26-23(31-13)19-10-15(8-9-25-19)21(29)27-17-5-2-14(3-6-17)22-28-18-11-16(24)4-7-20(18)30-22/h4,7-12,14,17H,2-3,5-6H2,1H3,(H,27,29). The van der Waals surface area contributed by atoms with Gasteiger partial charge in [0.05, 0.1) is 5.69 Å². The van der Waals surface area contributed by atoms with Crippen molar-refractivity contribution in [3.8, 4) is 10.7 Å². The lowest BCUT2D eigenvalue weighted by atomic mass is 9.86. The SMILES string of the molecule is Cc1cnc(-c2cc(C(=O)NC3CCC(c4nc5cc(Cl)ccc5o4)CC3)ccn2)s1. The van der Waals surface area contributed by atoms with Crippen LogP contribution >= 0.6 is 22.9 Å². The molecular weight excluding hydrogens is 432 g/mol. The van der Waals surface area contributed by atoms with Crippen LogP contribution in [0, 0.1) is 6.92 Å². The lowest BCUT2D eigenvalue weighted by Gasteiger charge is -2.27. The molecule has 1 fully saturated rings. The van der Waals surface area contributed by atoms with Crippen LogP contribution in [0.1, 0.15) is 52.7 Å². The van der Waals surface area contributed by atoms with Gasteiger partial charge in [0, 0.05) is 39.8 Å². The Morgan fingerprint density at radius 1 is 1.16 bits per heavy atom. The number of carbonyl (C=O) groups excluding carboxylic acids is 1. The number of aryl methyl sites for hydroxylation is 1. The normalized spacial score (nSPS) is 18.9. The van der Waals surface area contributed by atoms with Crippen LogP contribution in [-0.2, 0) is 0 Å². The van der Waals surface area contributed by atoms with E-state index in [0.29, 0.717) is 10.6 Å². The minimum atomic E-state index is -0.0723. The summed E-state index contributed by atoms with van der Waals surface area (Å²) in [5.41, 5.74) is 2.89. The molecule has 1 aromatic carbocycles. The summed E-state index contributed by atoms with van der Waals surface area (Å²) in [6.45, 7) is 2.00. The molecule has 1 aliphatic rings. The first-order valence-electron chi connectivity index (χ1n) is 10.3. The van der Waals surface area contributed by atoms with Crippen molar-refractivity contribution >= 4 is 39.9 Å². The molecule has 0 saturated heterocycles. The maximum absolute atomic E-state index is 12.8. The molecule has 1 amide bonds. The summed E-state index contributed by atoms with van der Waals surface area (Å²) in [5, 5.41) is 4.65. The maximum Gasteiger partial charge on any atom is 0.251 e. The fourth-order valence-electron chi connectivity index (χ4n) is 4.01. The molecule has 4 aromatic rings. The highest BCUT2D eigenvalue weighted by Crippen LogP contribution is 2.34. The van der Waals surface area contributed by atoms with Gasteiger partial charge in [0.2, 0.25) is 0 Å². The molecule has 0 atom stereocenters. The number of aromatic nitrogens is 3. The van der Waals surface area contributed by atoms with E-state index in [1.54, 1.807) is 23.6 Å². The first-order valence-corrected chi connectivity index (χ1v) is 11.5. The molecule has 3 aromatic heterocycles. The molecular formula is C23H21ClN4O2S. The lowest BCUT2D eigenvalue weighted by Crippen LogP contribution is -2.37. The number of carbonyl (C=O) groups is 1. The summed E-state index contributed by atoms with van der Waals surface area (Å²) in [4.78, 5) is 27.3. The van der Waals surface area contributed by atoms with E-state index >= 15 is 0 Å². The van der Waals surface area contributed by atoms with E-state index in [1.807, 2.05) is 37.4 Å². The lowest BCUT2D eigenvalue weighted by molar-refractivity contribution is 0.0925. The largest absolute Gasteiger partial charge is 0.440 e. The Kier molecular flexibility index (Phi) is 5.46. The van der Waals surface area contributed by atoms with Crippen molar-refractivity contribution in [2.75, 3.05) is 0 Å². The van der Waals surface area contributed by atoms with E-state index < -0.39 is 0 Å². The number of halogens is 1. The number of oxazole rings is 1. The van der Waals surface area contributed by atoms with Crippen LogP contribution < -0.4 is 5.32 Å². The Morgan fingerprint density at radius 3 is 2.77 bits per heavy atom. The predicted molar refractivity (Wildman–Crippen MR) is 122 cm³/mol. The van der Waals surface area contributed by atoms with Crippen LogP contribution in [0.2, 0.25) is 5.02 Å². The fourth-order valence-corrected chi connectivity index (χ4v) is 4.91. The smallest absolute Gasteiger partial charge is 0.251 e. The van der Waals surface area contributed by atoms with Crippen molar-refractivity contribution in [1.82, 2.24) is 20.3 Å². The number of benzene rings is 1. The number of hydrogen-bond donors (Lipinski definition) is 1. The molecule has 5 rings (SSSR count). The minimum Gasteiger partial charge on any atom is -0.440 e. The van der Waals surface area contributed by atoms with E-state index in [1.165, 1.54) is 0 Å². The predicted octanol–water partition coefficient (Wildman–Crippen LogP) is 5.76. The quantitative estimate of drug-likeness (QED) is 0.425. The van der Waals surface area contributed by atoms with Gasteiger partial charge >= 0.3 is 0 Å². The van der Waals surface area contributed by atoms with Gasteiger partial charge in [-0.2, -0.15) is 0 Å². The number of pyridine rings is 1. The van der Waals surface area contributed by atoms with Crippen molar-refractivity contribution in [2.45, 2.75) is 44.6 Å². The van der Waals surface area contributed by atoms with E-state index in [4.69, 9.17) is 16.0 Å². The molecule has 0 spiro atoms. The molecule has 1 N–H and O–H groups in total. The first-order chi connectivity index (χ1) is 15.0. The van der Waals surface area contributed by atoms with Crippen molar-refractivity contribution < 1.29 is 9.21 Å². The molecule has 0 radical (unpaired) electrons. The third kappa shape index (κ3) is 4.34. The molecule has 1 aliphatic carbocycles. The second-order valence-electron chi connectivity index (χ2n) is 7.89. The molecule has 6 nitrogen and oxygen atoms in total. The third-order valence-electron chi connectivity index (χ3n) is 5.64. The van der Waals surface area contributed by atoms with E-state index in [2.05, 4.69) is 20.3 Å². The average molecular weight is 453 g/mol. The summed E-state index contributed by atoms with van der Waals surface area (Å²) in [7, 11) is 0. The number of thiazole rings is 1. The van der Waals surface area contributed by atoms with Gasteiger partial charge in [0.25, 0.3) is 5.91 Å². The van der Waals surface area contributed by atoms with Gasteiger partial charge in [-0.15, -0.1) is 11.3 Å². The van der Waals surface area contributed by atoms with Gasteiger partial charge in [-0.05, 0) is 62.9 Å². The second-order valence-corrected chi connectivity index (χ2v) is 9.56. The van der Waals surface area contributed by atoms with Gasteiger partial charge < -0.3 is 9.73 Å². The van der Waals surface area contributed by atoms with Crippen LogP contribution in [0.4, 0.5) is 0 Å². The highest BCUT2D eigenvalue weighted by molar-refractivity contribution is 7.14. The fraction of sp³-hybridized carbons (Fsp3) is 0.304. The number of rotatable bonds is 4. The summed E-state index contributed by atoms with van der Waals surface area (Å²) < 4.78 is 5.94. The third-order valence-corrected chi connectivity index (χ3v) is 6.81. The van der Waals surface area contributed by atoms with Crippen LogP contribution in [0.25, 0.3) is 21.8 Å². The Hall–Kier alpha value is -2.77. The van der Waals surface area contributed by atoms with E-state index in [-0.39, 0.29) is 17.9 Å². The molecule has 0 unspecified atom stereocenters. The molecule has 0 aliphatic heterocycles. The zero-order valence-corrected chi connectivity index (χ0v) is 18.5. The Balaban J connectivity index is 1.22. The van der Waals surface area contributed by atoms with Crippen molar-refractivity contribution in [2.24, 2.45) is 0 Å². The molecule has 0 bridgehead atoms. The number of fused-ring (bicyclic) bond motifs is 1. The van der Waals surface area contributed by atoms with Crippen molar-refractivity contribution in [3.05, 3.63) is 64.1 Å². The zero-order valence-electron chi connectivity index (χ0n) is 17.0. The van der Waals surface area contributed by atoms with Gasteiger partial charge in [-0.25, -0.2) is 9.97 Å². The molecule has 31 heavy (non-hydrogen) atoms. The second kappa shape index (κ2) is 8.40. The molecule has 1 saturated carbocycles. The van der Waals surface area contributed by atoms with Crippen LogP contribution in [0.15, 0.2) is 47.1 Å². The minimum absolute atomic E-state index is 0.0723. The van der Waals surface area contributed by atoms with Crippen molar-refractivity contribution in [1.29, 1.82) is 0 Å². The molecule has 158 valence electrons. The van der Waals surface area contributed by atoms with Gasteiger partial charge in [-0.3, -0.25) is 9.78 Å². The number of nitrogens with one attached hydrogen (secondary N) is 1. The number of nitrogens with zero attached hydrogens (tertiary/aromatic N) is 3. The van der Waals surface area contributed by atoms with E-state index in [9.17, 15) is 4.79 Å². The molecule has 3 heterocycles.